The van der Waals surface area contributed by atoms with E-state index in [1.54, 1.807) is 0 Å². The SMILES string of the molecule is Cc1ccccc1NC1=CC(=O)NC1=O. The molecule has 1 aromatic rings. The molecule has 0 spiro atoms. The van der Waals surface area contributed by atoms with Gasteiger partial charge in [0.15, 0.2) is 0 Å². The van der Waals surface area contributed by atoms with Gasteiger partial charge in [-0.15, -0.1) is 0 Å². The molecule has 1 aliphatic heterocycles. The van der Waals surface area contributed by atoms with Crippen LogP contribution in [0.5, 0.6) is 0 Å². The molecule has 2 rings (SSSR count). The summed E-state index contributed by atoms with van der Waals surface area (Å²) < 4.78 is 0. The van der Waals surface area contributed by atoms with Crippen LogP contribution in [0, 0.1) is 6.92 Å². The topological polar surface area (TPSA) is 58.2 Å². The summed E-state index contributed by atoms with van der Waals surface area (Å²) in [4.78, 5) is 22.1. The number of benzene rings is 1. The highest BCUT2D eigenvalue weighted by atomic mass is 16.2. The quantitative estimate of drug-likeness (QED) is 0.702. The Kier molecular flexibility index (Phi) is 2.25. The number of para-hydroxylation sites is 1. The molecule has 15 heavy (non-hydrogen) atoms. The molecule has 0 fully saturated rings. The lowest BCUT2D eigenvalue weighted by atomic mass is 10.2. The van der Waals surface area contributed by atoms with Crippen LogP contribution >= 0.6 is 0 Å². The predicted octanol–water partition coefficient (Wildman–Crippen LogP) is 0.947. The second-order valence-electron chi connectivity index (χ2n) is 3.32. The van der Waals surface area contributed by atoms with Gasteiger partial charge in [-0.05, 0) is 18.6 Å². The van der Waals surface area contributed by atoms with Crippen LogP contribution in [-0.4, -0.2) is 11.8 Å². The molecule has 2 amide bonds. The monoisotopic (exact) mass is 202 g/mol. The van der Waals surface area contributed by atoms with Crippen LogP contribution < -0.4 is 10.6 Å². The molecule has 1 aliphatic rings. The smallest absolute Gasteiger partial charge is 0.274 e. The van der Waals surface area contributed by atoms with Crippen molar-refractivity contribution in [3.8, 4) is 0 Å². The Hall–Kier alpha value is -2.10. The number of amides is 2. The fourth-order valence-electron chi connectivity index (χ4n) is 1.36. The number of anilines is 1. The van der Waals surface area contributed by atoms with E-state index in [9.17, 15) is 9.59 Å². The Labute approximate surface area is 87.0 Å². The number of nitrogens with one attached hydrogen (secondary N) is 2. The number of hydrogen-bond donors (Lipinski definition) is 2. The fraction of sp³-hybridized carbons (Fsp3) is 0.0909. The molecular weight excluding hydrogens is 192 g/mol. The average Bonchev–Trinajstić information content (AvgIpc) is 2.49. The Morgan fingerprint density at radius 2 is 1.93 bits per heavy atom. The number of imide groups is 1. The van der Waals surface area contributed by atoms with Crippen molar-refractivity contribution >= 4 is 17.5 Å². The van der Waals surface area contributed by atoms with E-state index >= 15 is 0 Å². The van der Waals surface area contributed by atoms with Crippen LogP contribution in [0.4, 0.5) is 5.69 Å². The first-order valence-corrected chi connectivity index (χ1v) is 4.56. The summed E-state index contributed by atoms with van der Waals surface area (Å²) >= 11 is 0. The number of hydrogen-bond acceptors (Lipinski definition) is 3. The maximum absolute atomic E-state index is 11.2. The molecule has 76 valence electrons. The Balaban J connectivity index is 2.23. The van der Waals surface area contributed by atoms with Crippen LogP contribution in [-0.2, 0) is 9.59 Å². The summed E-state index contributed by atoms with van der Waals surface area (Å²) in [6.45, 7) is 1.93. The molecule has 0 saturated carbocycles. The molecule has 0 unspecified atom stereocenters. The van der Waals surface area contributed by atoms with Crippen molar-refractivity contribution in [2.45, 2.75) is 6.92 Å². The lowest BCUT2D eigenvalue weighted by molar-refractivity contribution is -0.123. The van der Waals surface area contributed by atoms with Crippen molar-refractivity contribution in [1.29, 1.82) is 0 Å². The standard InChI is InChI=1S/C11H10N2O2/c1-7-4-2-3-5-8(7)12-9-6-10(14)13-11(9)15/h2-6H,1H3,(H2,12,13,14,15). The van der Waals surface area contributed by atoms with Crippen molar-refractivity contribution in [1.82, 2.24) is 5.32 Å². The summed E-state index contributed by atoms with van der Waals surface area (Å²) in [5, 5.41) is 5.09. The molecule has 0 aliphatic carbocycles. The van der Waals surface area contributed by atoms with Gasteiger partial charge in [-0.3, -0.25) is 14.9 Å². The third-order valence-corrected chi connectivity index (χ3v) is 2.17. The molecule has 1 heterocycles. The molecule has 4 heteroatoms. The minimum absolute atomic E-state index is 0.286. The zero-order chi connectivity index (χ0) is 10.8. The van der Waals surface area contributed by atoms with E-state index in [0.29, 0.717) is 0 Å². The molecule has 2 N–H and O–H groups in total. The number of rotatable bonds is 2. The van der Waals surface area contributed by atoms with Crippen LogP contribution in [0.2, 0.25) is 0 Å². The first kappa shape index (κ1) is 9.45. The second kappa shape index (κ2) is 3.57. The summed E-state index contributed by atoms with van der Waals surface area (Å²) in [6.07, 6.45) is 1.26. The molecule has 0 saturated heterocycles. The van der Waals surface area contributed by atoms with Gasteiger partial charge in [0, 0.05) is 11.8 Å². The number of carbonyl (C=O) groups excluding carboxylic acids is 2. The molecule has 0 aromatic heterocycles. The highest BCUT2D eigenvalue weighted by molar-refractivity contribution is 6.17. The van der Waals surface area contributed by atoms with Gasteiger partial charge >= 0.3 is 0 Å². The van der Waals surface area contributed by atoms with E-state index in [0.717, 1.165) is 11.3 Å². The molecule has 4 nitrogen and oxygen atoms in total. The second-order valence-corrected chi connectivity index (χ2v) is 3.32. The van der Waals surface area contributed by atoms with Gasteiger partial charge < -0.3 is 5.32 Å². The van der Waals surface area contributed by atoms with E-state index in [1.807, 2.05) is 31.2 Å². The fourth-order valence-corrected chi connectivity index (χ4v) is 1.36. The van der Waals surface area contributed by atoms with Crippen molar-refractivity contribution < 1.29 is 9.59 Å². The zero-order valence-corrected chi connectivity index (χ0v) is 8.20. The van der Waals surface area contributed by atoms with E-state index in [-0.39, 0.29) is 17.5 Å². The summed E-state index contributed by atoms with van der Waals surface area (Å²) in [7, 11) is 0. The largest absolute Gasteiger partial charge is 0.351 e. The van der Waals surface area contributed by atoms with E-state index in [4.69, 9.17) is 0 Å². The highest BCUT2D eigenvalue weighted by Gasteiger charge is 2.20. The third kappa shape index (κ3) is 1.88. The molecule has 0 bridgehead atoms. The summed E-state index contributed by atoms with van der Waals surface area (Å²) in [6, 6.07) is 7.56. The van der Waals surface area contributed by atoms with Crippen LogP contribution in [0.15, 0.2) is 36.0 Å². The normalized spacial score (nSPS) is 14.9. The lowest BCUT2D eigenvalue weighted by Crippen LogP contribution is -2.24. The predicted molar refractivity (Wildman–Crippen MR) is 56.0 cm³/mol. The Bertz CT molecular complexity index is 463. The third-order valence-electron chi connectivity index (χ3n) is 2.17. The molecule has 0 radical (unpaired) electrons. The van der Waals surface area contributed by atoms with Gasteiger partial charge in [0.05, 0.1) is 0 Å². The molecular formula is C11H10N2O2. The first-order valence-electron chi connectivity index (χ1n) is 4.56. The van der Waals surface area contributed by atoms with Gasteiger partial charge in [0.25, 0.3) is 11.8 Å². The van der Waals surface area contributed by atoms with Gasteiger partial charge in [-0.1, -0.05) is 18.2 Å². The van der Waals surface area contributed by atoms with E-state index in [2.05, 4.69) is 10.6 Å². The van der Waals surface area contributed by atoms with E-state index in [1.165, 1.54) is 6.08 Å². The maximum atomic E-state index is 11.2. The number of carbonyl (C=O) groups is 2. The van der Waals surface area contributed by atoms with Crippen LogP contribution in [0.1, 0.15) is 5.56 Å². The zero-order valence-electron chi connectivity index (χ0n) is 8.20. The first-order chi connectivity index (χ1) is 7.16. The Morgan fingerprint density at radius 3 is 2.53 bits per heavy atom. The summed E-state index contributed by atoms with van der Waals surface area (Å²) in [5.74, 6) is -0.765. The van der Waals surface area contributed by atoms with Gasteiger partial charge in [0.1, 0.15) is 5.70 Å². The van der Waals surface area contributed by atoms with Crippen molar-refractivity contribution in [2.24, 2.45) is 0 Å². The van der Waals surface area contributed by atoms with Crippen molar-refractivity contribution in [3.05, 3.63) is 41.6 Å². The summed E-state index contributed by atoms with van der Waals surface area (Å²) in [5.41, 5.74) is 2.13. The van der Waals surface area contributed by atoms with Crippen LogP contribution in [0.25, 0.3) is 0 Å². The molecule has 1 aromatic carbocycles. The molecule has 0 atom stereocenters. The van der Waals surface area contributed by atoms with E-state index < -0.39 is 0 Å². The minimum Gasteiger partial charge on any atom is -0.351 e. The van der Waals surface area contributed by atoms with Crippen LogP contribution in [0.3, 0.4) is 0 Å². The maximum Gasteiger partial charge on any atom is 0.274 e. The van der Waals surface area contributed by atoms with Gasteiger partial charge in [-0.25, -0.2) is 0 Å². The average molecular weight is 202 g/mol. The highest BCUT2D eigenvalue weighted by Crippen LogP contribution is 2.16. The Morgan fingerprint density at radius 1 is 1.20 bits per heavy atom. The van der Waals surface area contributed by atoms with Gasteiger partial charge in [-0.2, -0.15) is 0 Å². The van der Waals surface area contributed by atoms with Crippen molar-refractivity contribution in [3.63, 3.8) is 0 Å². The van der Waals surface area contributed by atoms with Crippen molar-refractivity contribution in [2.75, 3.05) is 5.32 Å². The number of aryl methyl sites for hydroxylation is 1. The lowest BCUT2D eigenvalue weighted by Gasteiger charge is -2.07. The minimum atomic E-state index is -0.386. The van der Waals surface area contributed by atoms with Gasteiger partial charge in [0.2, 0.25) is 0 Å².